The molecule has 3 nitrogen and oxygen atoms in total. The van der Waals surface area contributed by atoms with Gasteiger partial charge in [-0.3, -0.25) is 0 Å². The molecule has 0 amide bonds. The molecule has 0 aliphatic carbocycles. The summed E-state index contributed by atoms with van der Waals surface area (Å²) < 4.78 is 24.6. The lowest BCUT2D eigenvalue weighted by molar-refractivity contribution is 0.502. The van der Waals surface area contributed by atoms with Crippen LogP contribution in [0.3, 0.4) is 0 Å². The molecule has 1 aromatic rings. The highest BCUT2D eigenvalue weighted by Gasteiger charge is 2.31. The Balaban J connectivity index is 2.25. The monoisotopic (exact) mass is 303 g/mol. The Kier molecular flexibility index (Phi) is 3.37. The molecule has 1 aliphatic rings. The summed E-state index contributed by atoms with van der Waals surface area (Å²) in [6.45, 7) is 2.28. The average molecular weight is 304 g/mol. The van der Waals surface area contributed by atoms with Crippen molar-refractivity contribution in [1.82, 2.24) is 5.32 Å². The van der Waals surface area contributed by atoms with Crippen LogP contribution >= 0.6 is 15.9 Å². The fourth-order valence-electron chi connectivity index (χ4n) is 1.83. The summed E-state index contributed by atoms with van der Waals surface area (Å²) in [5.74, 6) is 0.185. The van der Waals surface area contributed by atoms with E-state index in [1.165, 1.54) is 0 Å². The Labute approximate surface area is 104 Å². The molecule has 1 fully saturated rings. The van der Waals surface area contributed by atoms with E-state index in [0.29, 0.717) is 6.54 Å². The number of benzene rings is 1. The van der Waals surface area contributed by atoms with Crippen molar-refractivity contribution in [2.24, 2.45) is 0 Å². The second-order valence-electron chi connectivity index (χ2n) is 4.16. The summed E-state index contributed by atoms with van der Waals surface area (Å²) in [5.41, 5.74) is 1.02. The second-order valence-corrected chi connectivity index (χ2v) is 7.54. The molecule has 0 radical (unpaired) electrons. The van der Waals surface area contributed by atoms with Gasteiger partial charge >= 0.3 is 0 Å². The average Bonchev–Trinajstić information content (AvgIpc) is 2.22. The summed E-state index contributed by atoms with van der Waals surface area (Å²) in [5, 5.41) is 2.99. The van der Waals surface area contributed by atoms with E-state index in [1.807, 2.05) is 24.3 Å². The zero-order valence-corrected chi connectivity index (χ0v) is 11.4. The first-order valence-electron chi connectivity index (χ1n) is 5.19. The molecule has 0 saturated carbocycles. The van der Waals surface area contributed by atoms with Crippen molar-refractivity contribution in [1.29, 1.82) is 0 Å². The number of hydrogen-bond donors (Lipinski definition) is 1. The molecule has 1 saturated heterocycles. The van der Waals surface area contributed by atoms with Gasteiger partial charge in [0.2, 0.25) is 0 Å². The van der Waals surface area contributed by atoms with E-state index in [0.717, 1.165) is 10.0 Å². The standard InChI is InChI=1S/C11H14BrNO2S/c1-8-6-13-11(7-16(8,14)15)9-3-2-4-10(12)5-9/h2-5,8,11,13H,6-7H2,1H3. The van der Waals surface area contributed by atoms with Crippen molar-refractivity contribution in [2.75, 3.05) is 12.3 Å². The van der Waals surface area contributed by atoms with Crippen molar-refractivity contribution >= 4 is 25.8 Å². The Morgan fingerprint density at radius 2 is 2.19 bits per heavy atom. The molecule has 16 heavy (non-hydrogen) atoms. The summed E-state index contributed by atoms with van der Waals surface area (Å²) in [6, 6.07) is 7.69. The van der Waals surface area contributed by atoms with Crippen LogP contribution in [0.15, 0.2) is 28.7 Å². The van der Waals surface area contributed by atoms with Crippen LogP contribution in [-0.4, -0.2) is 26.0 Å². The molecule has 0 aromatic heterocycles. The van der Waals surface area contributed by atoms with Crippen LogP contribution in [0.4, 0.5) is 0 Å². The lowest BCUT2D eigenvalue weighted by Gasteiger charge is -2.28. The Bertz CT molecular complexity index is 487. The third kappa shape index (κ3) is 2.47. The van der Waals surface area contributed by atoms with Gasteiger partial charge in [0.05, 0.1) is 11.0 Å². The molecule has 1 N–H and O–H groups in total. The van der Waals surface area contributed by atoms with Gasteiger partial charge in [-0.05, 0) is 24.6 Å². The Morgan fingerprint density at radius 1 is 1.44 bits per heavy atom. The number of rotatable bonds is 1. The van der Waals surface area contributed by atoms with Crippen molar-refractivity contribution in [3.63, 3.8) is 0 Å². The van der Waals surface area contributed by atoms with E-state index < -0.39 is 9.84 Å². The van der Waals surface area contributed by atoms with E-state index in [2.05, 4.69) is 21.2 Å². The van der Waals surface area contributed by atoms with Gasteiger partial charge in [0.25, 0.3) is 0 Å². The molecule has 1 aromatic carbocycles. The van der Waals surface area contributed by atoms with Crippen LogP contribution in [0.1, 0.15) is 18.5 Å². The van der Waals surface area contributed by atoms with Gasteiger partial charge in [0.15, 0.2) is 9.84 Å². The highest BCUT2D eigenvalue weighted by atomic mass is 79.9. The van der Waals surface area contributed by atoms with E-state index in [4.69, 9.17) is 0 Å². The van der Waals surface area contributed by atoms with Crippen LogP contribution in [-0.2, 0) is 9.84 Å². The van der Waals surface area contributed by atoms with Crippen LogP contribution in [0.2, 0.25) is 0 Å². The molecular weight excluding hydrogens is 290 g/mol. The summed E-state index contributed by atoms with van der Waals surface area (Å²) in [6.07, 6.45) is 0. The lowest BCUT2D eigenvalue weighted by Crippen LogP contribution is -2.44. The maximum Gasteiger partial charge on any atom is 0.156 e. The van der Waals surface area contributed by atoms with Gasteiger partial charge in [-0.2, -0.15) is 0 Å². The molecule has 1 aliphatic heterocycles. The molecule has 0 bridgehead atoms. The molecule has 5 heteroatoms. The van der Waals surface area contributed by atoms with Gasteiger partial charge in [-0.25, -0.2) is 8.42 Å². The van der Waals surface area contributed by atoms with Gasteiger partial charge in [0, 0.05) is 17.1 Å². The fourth-order valence-corrected chi connectivity index (χ4v) is 3.70. The first-order valence-corrected chi connectivity index (χ1v) is 7.70. The maximum atomic E-state index is 11.8. The third-order valence-electron chi connectivity index (χ3n) is 2.91. The van der Waals surface area contributed by atoms with Crippen molar-refractivity contribution < 1.29 is 8.42 Å². The largest absolute Gasteiger partial charge is 0.308 e. The topological polar surface area (TPSA) is 46.2 Å². The second kappa shape index (κ2) is 4.47. The SMILES string of the molecule is CC1CNC(c2cccc(Br)c2)CS1(=O)=O. The molecule has 88 valence electrons. The van der Waals surface area contributed by atoms with E-state index in [-0.39, 0.29) is 17.0 Å². The van der Waals surface area contributed by atoms with Crippen molar-refractivity contribution in [2.45, 2.75) is 18.2 Å². The molecular formula is C11H14BrNO2S. The van der Waals surface area contributed by atoms with Crippen LogP contribution in [0, 0.1) is 0 Å². The van der Waals surface area contributed by atoms with Crippen molar-refractivity contribution in [3.05, 3.63) is 34.3 Å². The smallest absolute Gasteiger partial charge is 0.156 e. The molecule has 0 spiro atoms. The molecule has 2 unspecified atom stereocenters. The van der Waals surface area contributed by atoms with E-state index >= 15 is 0 Å². The summed E-state index contributed by atoms with van der Waals surface area (Å²) >= 11 is 3.39. The predicted molar refractivity (Wildman–Crippen MR) is 68.1 cm³/mol. The lowest BCUT2D eigenvalue weighted by atomic mass is 10.1. The van der Waals surface area contributed by atoms with Gasteiger partial charge in [0.1, 0.15) is 0 Å². The fraction of sp³-hybridized carbons (Fsp3) is 0.455. The number of halogens is 1. The number of nitrogens with one attached hydrogen (secondary N) is 1. The molecule has 2 atom stereocenters. The zero-order valence-electron chi connectivity index (χ0n) is 8.98. The maximum absolute atomic E-state index is 11.8. The molecule has 2 rings (SSSR count). The van der Waals surface area contributed by atoms with Crippen LogP contribution < -0.4 is 5.32 Å². The number of sulfone groups is 1. The van der Waals surface area contributed by atoms with E-state index in [1.54, 1.807) is 6.92 Å². The predicted octanol–water partition coefficient (Wildman–Crippen LogP) is 1.90. The summed E-state index contributed by atoms with van der Waals surface area (Å²) in [7, 11) is -2.95. The van der Waals surface area contributed by atoms with Crippen LogP contribution in [0.5, 0.6) is 0 Å². The minimum atomic E-state index is -2.95. The highest BCUT2D eigenvalue weighted by Crippen LogP contribution is 2.23. The van der Waals surface area contributed by atoms with Gasteiger partial charge < -0.3 is 5.32 Å². The van der Waals surface area contributed by atoms with Gasteiger partial charge in [-0.1, -0.05) is 28.1 Å². The molecule has 1 heterocycles. The zero-order chi connectivity index (χ0) is 11.8. The van der Waals surface area contributed by atoms with E-state index in [9.17, 15) is 8.42 Å². The number of hydrogen-bond acceptors (Lipinski definition) is 3. The first-order chi connectivity index (χ1) is 7.49. The minimum Gasteiger partial charge on any atom is -0.308 e. The van der Waals surface area contributed by atoms with Crippen LogP contribution in [0.25, 0.3) is 0 Å². The minimum absolute atomic E-state index is 0.0845. The normalized spacial score (nSPS) is 28.9. The third-order valence-corrected chi connectivity index (χ3v) is 5.60. The first kappa shape index (κ1) is 12.1. The van der Waals surface area contributed by atoms with Gasteiger partial charge in [-0.15, -0.1) is 0 Å². The Morgan fingerprint density at radius 3 is 2.81 bits per heavy atom. The quantitative estimate of drug-likeness (QED) is 0.862. The summed E-state index contributed by atoms with van der Waals surface area (Å²) in [4.78, 5) is 0. The highest BCUT2D eigenvalue weighted by molar-refractivity contribution is 9.10. The Hall–Kier alpha value is -0.390. The van der Waals surface area contributed by atoms with Crippen molar-refractivity contribution in [3.8, 4) is 0 Å².